The summed E-state index contributed by atoms with van der Waals surface area (Å²) in [6.45, 7) is 13.1. The molecule has 0 aliphatic heterocycles. The number of rotatable bonds is 6. The van der Waals surface area contributed by atoms with E-state index >= 15 is 0 Å². The van der Waals surface area contributed by atoms with Crippen LogP contribution < -0.4 is 5.84 Å². The molecule has 0 bridgehead atoms. The van der Waals surface area contributed by atoms with E-state index in [1.54, 1.807) is 0 Å². The summed E-state index contributed by atoms with van der Waals surface area (Å²) in [7, 11) is 0. The van der Waals surface area contributed by atoms with Crippen molar-refractivity contribution in [1.82, 2.24) is 9.66 Å². The van der Waals surface area contributed by atoms with Gasteiger partial charge in [-0.05, 0) is 68.5 Å². The van der Waals surface area contributed by atoms with Gasteiger partial charge >= 0.3 is 0 Å². The molecule has 0 amide bonds. The van der Waals surface area contributed by atoms with E-state index in [0.29, 0.717) is 5.92 Å². The van der Waals surface area contributed by atoms with E-state index in [4.69, 9.17) is 10.8 Å². The lowest BCUT2D eigenvalue weighted by atomic mass is 9.92. The molecule has 4 heteroatoms. The van der Waals surface area contributed by atoms with Crippen LogP contribution in [0.5, 0.6) is 0 Å². The third-order valence-electron chi connectivity index (χ3n) is 5.50. The highest BCUT2D eigenvalue weighted by Gasteiger charge is 2.23. The van der Waals surface area contributed by atoms with E-state index in [2.05, 4.69) is 65.8 Å². The van der Waals surface area contributed by atoms with Gasteiger partial charge in [-0.25, -0.2) is 9.66 Å². The lowest BCUT2D eigenvalue weighted by Gasteiger charge is -2.17. The number of nitrogens with zero attached hydrogens (tertiary/aromatic N) is 2. The fourth-order valence-electron chi connectivity index (χ4n) is 3.97. The zero-order valence-electron chi connectivity index (χ0n) is 17.4. The van der Waals surface area contributed by atoms with Crippen molar-refractivity contribution in [2.24, 2.45) is 5.92 Å². The molecule has 0 fully saturated rings. The summed E-state index contributed by atoms with van der Waals surface area (Å²) in [4.78, 5) is 6.16. The number of hydrogen-bond donors (Lipinski definition) is 1. The zero-order chi connectivity index (χ0) is 19.7. The summed E-state index contributed by atoms with van der Waals surface area (Å²) in [5.41, 5.74) is 5.93. The van der Waals surface area contributed by atoms with Crippen molar-refractivity contribution >= 4 is 27.0 Å². The largest absolute Gasteiger partial charge is 0.337 e. The van der Waals surface area contributed by atoms with Gasteiger partial charge in [-0.2, -0.15) is 0 Å². The SMILES string of the molecule is CC/C=C(\c1nc(C)c(-c2sc3ccc(C)cc3c2C)n1N)C(CC)CC. The average Bonchev–Trinajstić information content (AvgIpc) is 3.11. The molecule has 2 heterocycles. The molecule has 0 radical (unpaired) electrons. The lowest BCUT2D eigenvalue weighted by Crippen LogP contribution is -2.16. The van der Waals surface area contributed by atoms with Gasteiger partial charge in [0.2, 0.25) is 0 Å². The van der Waals surface area contributed by atoms with Gasteiger partial charge in [0.25, 0.3) is 0 Å². The maximum Gasteiger partial charge on any atom is 0.154 e. The minimum absolute atomic E-state index is 0.494. The van der Waals surface area contributed by atoms with Crippen molar-refractivity contribution in [3.8, 4) is 10.6 Å². The van der Waals surface area contributed by atoms with Crippen molar-refractivity contribution < 1.29 is 0 Å². The number of allylic oxidation sites excluding steroid dienone is 2. The number of fused-ring (bicyclic) bond motifs is 1. The summed E-state index contributed by atoms with van der Waals surface area (Å²) < 4.78 is 3.14. The van der Waals surface area contributed by atoms with Crippen LogP contribution >= 0.6 is 11.3 Å². The first-order valence-corrected chi connectivity index (χ1v) is 10.8. The van der Waals surface area contributed by atoms with E-state index in [1.807, 2.05) is 16.0 Å². The van der Waals surface area contributed by atoms with Crippen LogP contribution in [0.1, 0.15) is 62.7 Å². The molecule has 2 aromatic heterocycles. The summed E-state index contributed by atoms with van der Waals surface area (Å²) in [5, 5.41) is 1.32. The molecule has 0 unspecified atom stereocenters. The van der Waals surface area contributed by atoms with Crippen LogP contribution in [0.25, 0.3) is 26.2 Å². The molecule has 0 atom stereocenters. The van der Waals surface area contributed by atoms with E-state index in [0.717, 1.165) is 36.5 Å². The Balaban J connectivity index is 2.20. The van der Waals surface area contributed by atoms with Crippen LogP contribution in [0.4, 0.5) is 0 Å². The third-order valence-corrected chi connectivity index (χ3v) is 6.78. The summed E-state index contributed by atoms with van der Waals surface area (Å²) in [6, 6.07) is 6.66. The normalized spacial score (nSPS) is 12.5. The molecule has 0 aliphatic rings. The molecule has 0 aliphatic carbocycles. The van der Waals surface area contributed by atoms with Crippen LogP contribution in [0.15, 0.2) is 24.3 Å². The predicted molar refractivity (Wildman–Crippen MR) is 120 cm³/mol. The van der Waals surface area contributed by atoms with Crippen LogP contribution in [0.2, 0.25) is 0 Å². The predicted octanol–water partition coefficient (Wildman–Crippen LogP) is 6.63. The Morgan fingerprint density at radius 1 is 1.19 bits per heavy atom. The fourth-order valence-corrected chi connectivity index (χ4v) is 5.26. The third kappa shape index (κ3) is 3.43. The first kappa shape index (κ1) is 19.7. The molecule has 3 aromatic rings. The zero-order valence-corrected chi connectivity index (χ0v) is 18.2. The molecule has 0 saturated heterocycles. The van der Waals surface area contributed by atoms with Gasteiger partial charge in [-0.15, -0.1) is 11.3 Å². The van der Waals surface area contributed by atoms with Gasteiger partial charge in [-0.1, -0.05) is 44.5 Å². The Kier molecular flexibility index (Phi) is 5.75. The quantitative estimate of drug-likeness (QED) is 0.487. The van der Waals surface area contributed by atoms with Crippen molar-refractivity contribution in [3.05, 3.63) is 46.9 Å². The molecule has 3 nitrogen and oxygen atoms in total. The molecule has 144 valence electrons. The molecule has 3 rings (SSSR count). The second-order valence-electron chi connectivity index (χ2n) is 7.38. The Morgan fingerprint density at radius 2 is 1.89 bits per heavy atom. The second kappa shape index (κ2) is 7.89. The number of aromatic nitrogens is 2. The Morgan fingerprint density at radius 3 is 2.52 bits per heavy atom. The minimum atomic E-state index is 0.494. The van der Waals surface area contributed by atoms with E-state index < -0.39 is 0 Å². The summed E-state index contributed by atoms with van der Waals surface area (Å²) in [5.74, 6) is 8.07. The summed E-state index contributed by atoms with van der Waals surface area (Å²) >= 11 is 1.81. The monoisotopic (exact) mass is 381 g/mol. The number of benzene rings is 1. The smallest absolute Gasteiger partial charge is 0.154 e. The minimum Gasteiger partial charge on any atom is -0.337 e. The van der Waals surface area contributed by atoms with Crippen molar-refractivity contribution in [2.45, 2.75) is 60.8 Å². The van der Waals surface area contributed by atoms with Crippen molar-refractivity contribution in [2.75, 3.05) is 5.84 Å². The number of thiophene rings is 1. The van der Waals surface area contributed by atoms with E-state index in [-0.39, 0.29) is 0 Å². The van der Waals surface area contributed by atoms with Crippen molar-refractivity contribution in [3.63, 3.8) is 0 Å². The van der Waals surface area contributed by atoms with Crippen LogP contribution in [0, 0.1) is 26.7 Å². The van der Waals surface area contributed by atoms with Gasteiger partial charge in [0.05, 0.1) is 10.6 Å². The van der Waals surface area contributed by atoms with E-state index in [9.17, 15) is 0 Å². The highest BCUT2D eigenvalue weighted by atomic mass is 32.1. The maximum atomic E-state index is 6.66. The standard InChI is InChI=1S/C23H31N3S/c1-7-10-18(17(8-2)9-3)23-25-16(6)21(26(23)24)22-15(5)19-13-14(4)11-12-20(19)27-22/h10-13,17H,7-9,24H2,1-6H3/b18-10-. The van der Waals surface area contributed by atoms with Crippen LogP contribution in [0.3, 0.4) is 0 Å². The van der Waals surface area contributed by atoms with E-state index in [1.165, 1.54) is 31.7 Å². The molecule has 2 N–H and O–H groups in total. The van der Waals surface area contributed by atoms with Gasteiger partial charge in [-0.3, -0.25) is 0 Å². The number of imidazole rings is 1. The Labute approximate surface area is 166 Å². The van der Waals surface area contributed by atoms with Gasteiger partial charge < -0.3 is 5.84 Å². The first-order valence-electron chi connectivity index (χ1n) is 9.97. The first-order chi connectivity index (χ1) is 12.9. The molecule has 27 heavy (non-hydrogen) atoms. The van der Waals surface area contributed by atoms with Gasteiger partial charge in [0, 0.05) is 4.70 Å². The molecule has 1 aromatic carbocycles. The Hall–Kier alpha value is -2.07. The molecular formula is C23H31N3S. The number of nitrogen functional groups attached to an aromatic ring is 1. The molecule has 0 spiro atoms. The Bertz CT molecular complexity index is 987. The average molecular weight is 382 g/mol. The topological polar surface area (TPSA) is 43.8 Å². The van der Waals surface area contributed by atoms with Crippen molar-refractivity contribution in [1.29, 1.82) is 0 Å². The maximum absolute atomic E-state index is 6.66. The summed E-state index contributed by atoms with van der Waals surface area (Å²) in [6.07, 6.45) is 5.50. The van der Waals surface area contributed by atoms with Crippen LogP contribution in [-0.2, 0) is 0 Å². The highest BCUT2D eigenvalue weighted by molar-refractivity contribution is 7.22. The molecular weight excluding hydrogens is 350 g/mol. The molecule has 0 saturated carbocycles. The second-order valence-corrected chi connectivity index (χ2v) is 8.43. The number of aryl methyl sites for hydroxylation is 3. The number of nitrogens with two attached hydrogens (primary N) is 1. The fraction of sp³-hybridized carbons (Fsp3) is 0.435. The van der Waals surface area contributed by atoms with Gasteiger partial charge in [0.1, 0.15) is 5.69 Å². The van der Waals surface area contributed by atoms with Crippen LogP contribution in [-0.4, -0.2) is 9.66 Å². The highest BCUT2D eigenvalue weighted by Crippen LogP contribution is 2.41. The lowest BCUT2D eigenvalue weighted by molar-refractivity contribution is 0.615. The van der Waals surface area contributed by atoms with Gasteiger partial charge in [0.15, 0.2) is 5.82 Å². The number of hydrogen-bond acceptors (Lipinski definition) is 3.